The van der Waals surface area contributed by atoms with Crippen molar-refractivity contribution in [2.45, 2.75) is 12.0 Å². The molecule has 1 fully saturated rings. The zero-order chi connectivity index (χ0) is 27.7. The first-order valence-corrected chi connectivity index (χ1v) is 12.5. The number of benzene rings is 3. The molecule has 4 atom stereocenters. The molecule has 5 rings (SSSR count). The van der Waals surface area contributed by atoms with Crippen molar-refractivity contribution in [2.24, 2.45) is 11.8 Å². The van der Waals surface area contributed by atoms with Crippen LogP contribution in [0.1, 0.15) is 34.2 Å². The number of anilines is 1. The first kappa shape index (κ1) is 26.0. The molecular formula is C30H30N2O7. The zero-order valence-electron chi connectivity index (χ0n) is 22.4. The van der Waals surface area contributed by atoms with Crippen molar-refractivity contribution < 1.29 is 33.2 Å². The van der Waals surface area contributed by atoms with Crippen molar-refractivity contribution in [1.29, 1.82) is 5.26 Å². The molecule has 1 N–H and O–H groups in total. The summed E-state index contributed by atoms with van der Waals surface area (Å²) in [5, 5.41) is 12.8. The number of hydrogen-bond donors (Lipinski definition) is 1. The quantitative estimate of drug-likeness (QED) is 0.415. The van der Waals surface area contributed by atoms with Crippen LogP contribution in [0.4, 0.5) is 5.69 Å². The SMILES string of the molecule is COc1cc2c(cc1OC)[C@@H](Nc1ccc(C#N)cc1)[C@H]1COC(=O)[C@@H]1[C@@H]2c1cc(OC)c(OC)c(OC)c1. The van der Waals surface area contributed by atoms with E-state index in [-0.39, 0.29) is 30.5 Å². The van der Waals surface area contributed by atoms with Gasteiger partial charge in [0, 0.05) is 17.5 Å². The lowest BCUT2D eigenvalue weighted by atomic mass is 9.65. The van der Waals surface area contributed by atoms with Gasteiger partial charge in [-0.15, -0.1) is 0 Å². The van der Waals surface area contributed by atoms with E-state index in [0.717, 1.165) is 22.4 Å². The smallest absolute Gasteiger partial charge is 0.310 e. The second kappa shape index (κ2) is 10.7. The van der Waals surface area contributed by atoms with Gasteiger partial charge in [-0.2, -0.15) is 5.26 Å². The van der Waals surface area contributed by atoms with Gasteiger partial charge in [-0.05, 0) is 65.2 Å². The molecule has 0 spiro atoms. The van der Waals surface area contributed by atoms with Gasteiger partial charge in [0.1, 0.15) is 0 Å². The molecule has 1 saturated heterocycles. The lowest BCUT2D eigenvalue weighted by Crippen LogP contribution is -2.37. The molecule has 39 heavy (non-hydrogen) atoms. The number of rotatable bonds is 8. The maximum absolute atomic E-state index is 13.4. The third kappa shape index (κ3) is 4.42. The summed E-state index contributed by atoms with van der Waals surface area (Å²) in [6.45, 7) is 0.256. The minimum Gasteiger partial charge on any atom is -0.493 e. The Morgan fingerprint density at radius 1 is 0.821 bits per heavy atom. The molecule has 1 aliphatic heterocycles. The molecule has 9 nitrogen and oxygen atoms in total. The van der Waals surface area contributed by atoms with Crippen molar-refractivity contribution in [2.75, 3.05) is 47.5 Å². The summed E-state index contributed by atoms with van der Waals surface area (Å²) in [7, 11) is 7.86. The van der Waals surface area contributed by atoms with Crippen LogP contribution in [-0.4, -0.2) is 48.1 Å². The molecule has 0 aromatic heterocycles. The molecule has 3 aromatic rings. The fourth-order valence-electron chi connectivity index (χ4n) is 5.79. The van der Waals surface area contributed by atoms with Crippen molar-refractivity contribution in [1.82, 2.24) is 0 Å². The van der Waals surface area contributed by atoms with E-state index >= 15 is 0 Å². The largest absolute Gasteiger partial charge is 0.493 e. The maximum Gasteiger partial charge on any atom is 0.310 e. The van der Waals surface area contributed by atoms with E-state index in [1.54, 1.807) is 47.7 Å². The normalized spacial score (nSPS) is 21.1. The van der Waals surface area contributed by atoms with Crippen LogP contribution in [0.15, 0.2) is 48.5 Å². The highest BCUT2D eigenvalue weighted by Gasteiger charge is 2.52. The number of ether oxygens (including phenoxy) is 6. The summed E-state index contributed by atoms with van der Waals surface area (Å²) >= 11 is 0. The Balaban J connectivity index is 1.72. The number of cyclic esters (lactones) is 1. The third-order valence-corrected chi connectivity index (χ3v) is 7.58. The van der Waals surface area contributed by atoms with Gasteiger partial charge in [-0.3, -0.25) is 4.79 Å². The summed E-state index contributed by atoms with van der Waals surface area (Å²) in [6.07, 6.45) is 0. The number of esters is 1. The number of carbonyl (C=O) groups is 1. The molecule has 2 aliphatic rings. The first-order chi connectivity index (χ1) is 19.0. The van der Waals surface area contributed by atoms with Gasteiger partial charge in [0.05, 0.1) is 65.7 Å². The minimum atomic E-state index is -0.491. The average Bonchev–Trinajstić information content (AvgIpc) is 3.36. The summed E-state index contributed by atoms with van der Waals surface area (Å²) in [6, 6.07) is 16.7. The first-order valence-electron chi connectivity index (χ1n) is 12.5. The number of nitrogens with one attached hydrogen (secondary N) is 1. The zero-order valence-corrected chi connectivity index (χ0v) is 22.4. The predicted molar refractivity (Wildman–Crippen MR) is 143 cm³/mol. The highest BCUT2D eigenvalue weighted by atomic mass is 16.5. The van der Waals surface area contributed by atoms with Crippen LogP contribution in [-0.2, 0) is 9.53 Å². The molecular weight excluding hydrogens is 500 g/mol. The molecule has 0 saturated carbocycles. The molecule has 9 heteroatoms. The van der Waals surface area contributed by atoms with Gasteiger partial charge in [-0.25, -0.2) is 0 Å². The highest BCUT2D eigenvalue weighted by Crippen LogP contribution is 2.55. The molecule has 0 radical (unpaired) electrons. The van der Waals surface area contributed by atoms with Crippen LogP contribution in [0.25, 0.3) is 0 Å². The molecule has 1 heterocycles. The average molecular weight is 531 g/mol. The van der Waals surface area contributed by atoms with E-state index in [2.05, 4.69) is 11.4 Å². The lowest BCUT2D eigenvalue weighted by Gasteiger charge is -2.40. The topological polar surface area (TPSA) is 108 Å². The van der Waals surface area contributed by atoms with Crippen LogP contribution in [0.3, 0.4) is 0 Å². The Morgan fingerprint density at radius 3 is 1.95 bits per heavy atom. The fraction of sp³-hybridized carbons (Fsp3) is 0.333. The summed E-state index contributed by atoms with van der Waals surface area (Å²) < 4.78 is 33.8. The second-order valence-corrected chi connectivity index (χ2v) is 9.40. The number of nitriles is 1. The molecule has 0 unspecified atom stereocenters. The van der Waals surface area contributed by atoms with Crippen LogP contribution < -0.4 is 29.0 Å². The standard InChI is InChI=1S/C30H30N2O7/c1-34-22-12-19-20(13-23(22)35-2)28(32-18-8-6-16(14-31)7-9-18)21-15-39-30(33)27(21)26(19)17-10-24(36-3)29(38-5)25(11-17)37-4/h6-13,21,26-28,32H,15H2,1-5H3/t21-,26+,27-,28+/m0/s1. The van der Waals surface area contributed by atoms with Crippen LogP contribution >= 0.6 is 0 Å². The van der Waals surface area contributed by atoms with Crippen molar-refractivity contribution in [3.8, 4) is 34.8 Å². The van der Waals surface area contributed by atoms with E-state index in [4.69, 9.17) is 28.4 Å². The number of carbonyl (C=O) groups excluding carboxylic acids is 1. The Bertz CT molecular complexity index is 1410. The molecule has 1 aliphatic carbocycles. The molecule has 0 amide bonds. The fourth-order valence-corrected chi connectivity index (χ4v) is 5.79. The number of fused-ring (bicyclic) bond motifs is 2. The van der Waals surface area contributed by atoms with Gasteiger partial charge < -0.3 is 33.7 Å². The summed E-state index contributed by atoms with van der Waals surface area (Å²) in [5.41, 5.74) is 4.06. The second-order valence-electron chi connectivity index (χ2n) is 9.40. The van der Waals surface area contributed by atoms with Gasteiger partial charge >= 0.3 is 5.97 Å². The monoisotopic (exact) mass is 530 g/mol. The van der Waals surface area contributed by atoms with Gasteiger partial charge in [0.25, 0.3) is 0 Å². The predicted octanol–water partition coefficient (Wildman–Crippen LogP) is 4.69. The Hall–Kier alpha value is -4.58. The number of hydrogen-bond acceptors (Lipinski definition) is 9. The summed E-state index contributed by atoms with van der Waals surface area (Å²) in [5.74, 6) is 1.25. The minimum absolute atomic E-state index is 0.192. The van der Waals surface area contributed by atoms with E-state index in [1.807, 2.05) is 36.4 Å². The van der Waals surface area contributed by atoms with Crippen LogP contribution in [0.2, 0.25) is 0 Å². The van der Waals surface area contributed by atoms with Crippen molar-refractivity contribution in [3.05, 3.63) is 70.8 Å². The third-order valence-electron chi connectivity index (χ3n) is 7.58. The highest BCUT2D eigenvalue weighted by molar-refractivity contribution is 5.79. The molecule has 202 valence electrons. The molecule has 0 bridgehead atoms. The van der Waals surface area contributed by atoms with Crippen molar-refractivity contribution in [3.63, 3.8) is 0 Å². The Labute approximate surface area is 227 Å². The van der Waals surface area contributed by atoms with Crippen LogP contribution in [0, 0.1) is 23.2 Å². The van der Waals surface area contributed by atoms with Gasteiger partial charge in [0.2, 0.25) is 5.75 Å². The van der Waals surface area contributed by atoms with E-state index in [0.29, 0.717) is 34.3 Å². The van der Waals surface area contributed by atoms with Crippen molar-refractivity contribution >= 4 is 11.7 Å². The Kier molecular flexibility index (Phi) is 7.11. The molecule has 3 aromatic carbocycles. The Morgan fingerprint density at radius 2 is 1.41 bits per heavy atom. The summed E-state index contributed by atoms with van der Waals surface area (Å²) in [4.78, 5) is 13.4. The van der Waals surface area contributed by atoms with Crippen LogP contribution in [0.5, 0.6) is 28.7 Å². The van der Waals surface area contributed by atoms with Gasteiger partial charge in [-0.1, -0.05) is 0 Å². The lowest BCUT2D eigenvalue weighted by molar-refractivity contribution is -0.141. The number of methoxy groups -OCH3 is 5. The van der Waals surface area contributed by atoms with E-state index in [1.165, 1.54) is 0 Å². The maximum atomic E-state index is 13.4. The van der Waals surface area contributed by atoms with Gasteiger partial charge in [0.15, 0.2) is 23.0 Å². The van der Waals surface area contributed by atoms with E-state index < -0.39 is 5.92 Å². The number of nitrogens with zero attached hydrogens (tertiary/aromatic N) is 1. The van der Waals surface area contributed by atoms with E-state index in [9.17, 15) is 10.1 Å².